The number of nitrogens with two attached hydrogens (primary N) is 1. The lowest BCUT2D eigenvalue weighted by molar-refractivity contribution is -0.130. The summed E-state index contributed by atoms with van der Waals surface area (Å²) in [5.74, 6) is -2.09. The molecular weight excluding hydrogens is 257 g/mol. The van der Waals surface area contributed by atoms with E-state index in [9.17, 15) is 12.8 Å². The first kappa shape index (κ1) is 11.4. The third kappa shape index (κ3) is 1.79. The molecule has 0 amide bonds. The molecule has 16 heavy (non-hydrogen) atoms. The van der Waals surface area contributed by atoms with Crippen molar-refractivity contribution in [3.63, 3.8) is 0 Å². The fourth-order valence-corrected chi connectivity index (χ4v) is 3.09. The minimum absolute atomic E-state index is 0.291. The van der Waals surface area contributed by atoms with Crippen LogP contribution in [0.2, 0.25) is 0 Å². The maximum Gasteiger partial charge on any atom is 0.283 e. The Morgan fingerprint density at radius 2 is 2.00 bits per heavy atom. The zero-order chi connectivity index (χ0) is 12.0. The summed E-state index contributed by atoms with van der Waals surface area (Å²) in [6.45, 7) is 1.55. The van der Waals surface area contributed by atoms with Gasteiger partial charge < -0.3 is 9.47 Å². The third-order valence-corrected chi connectivity index (χ3v) is 4.75. The van der Waals surface area contributed by atoms with Gasteiger partial charge in [0.15, 0.2) is 10.0 Å². The van der Waals surface area contributed by atoms with Crippen LogP contribution in [0.3, 0.4) is 0 Å². The highest BCUT2D eigenvalue weighted by Gasteiger charge is 2.36. The first-order chi connectivity index (χ1) is 7.33. The number of thiophene rings is 1. The maximum atomic E-state index is 13.3. The summed E-state index contributed by atoms with van der Waals surface area (Å²) in [6, 6.07) is 1.04. The number of hydrogen-bond acceptors (Lipinski definition) is 5. The summed E-state index contributed by atoms with van der Waals surface area (Å²) in [6.07, 6.45) is 2.60. The van der Waals surface area contributed by atoms with Gasteiger partial charge in [0.25, 0.3) is 15.8 Å². The smallest absolute Gasteiger partial charge is 0.283 e. The Morgan fingerprint density at radius 3 is 2.44 bits per heavy atom. The molecule has 5 nitrogen and oxygen atoms in total. The molecule has 0 atom stereocenters. The molecule has 0 bridgehead atoms. The molecule has 2 rings (SSSR count). The van der Waals surface area contributed by atoms with E-state index < -0.39 is 25.8 Å². The van der Waals surface area contributed by atoms with Gasteiger partial charge in [-0.2, -0.15) is 0 Å². The Kier molecular flexibility index (Phi) is 2.44. The first-order valence-corrected chi connectivity index (χ1v) is 6.52. The molecule has 0 spiro atoms. The van der Waals surface area contributed by atoms with Crippen molar-refractivity contribution in [3.8, 4) is 0 Å². The van der Waals surface area contributed by atoms with Gasteiger partial charge in [0, 0.05) is 6.92 Å². The molecule has 0 radical (unpaired) electrons. The summed E-state index contributed by atoms with van der Waals surface area (Å²) < 4.78 is 45.1. The fraction of sp³-hybridized carbons (Fsp3) is 0.250. The van der Waals surface area contributed by atoms with Crippen molar-refractivity contribution < 1.29 is 22.3 Å². The van der Waals surface area contributed by atoms with E-state index in [-0.39, 0.29) is 0 Å². The topological polar surface area (TPSA) is 78.6 Å². The van der Waals surface area contributed by atoms with Crippen LogP contribution in [-0.2, 0) is 25.3 Å². The normalized spacial score (nSPS) is 18.2. The molecule has 0 saturated carbocycles. The first-order valence-electron chi connectivity index (χ1n) is 4.16. The second-order valence-corrected chi connectivity index (χ2v) is 6.05. The minimum Gasteiger partial charge on any atom is -0.452 e. The molecule has 0 aromatic carbocycles. The summed E-state index contributed by atoms with van der Waals surface area (Å²) in [5.41, 5.74) is 0. The average molecular weight is 265 g/mol. The molecule has 2 N–H and O–H groups in total. The van der Waals surface area contributed by atoms with Gasteiger partial charge in [0.2, 0.25) is 0 Å². The lowest BCUT2D eigenvalue weighted by Gasteiger charge is -2.20. The average Bonchev–Trinajstić information content (AvgIpc) is 2.71. The number of primary sulfonamides is 1. The fourth-order valence-electron chi connectivity index (χ4n) is 1.23. The van der Waals surface area contributed by atoms with E-state index in [1.807, 2.05) is 0 Å². The molecule has 0 saturated heterocycles. The second-order valence-electron chi connectivity index (χ2n) is 3.24. The number of rotatable bonds is 2. The monoisotopic (exact) mass is 265 g/mol. The van der Waals surface area contributed by atoms with E-state index in [0.29, 0.717) is 16.2 Å². The van der Waals surface area contributed by atoms with Gasteiger partial charge >= 0.3 is 0 Å². The Labute approximate surface area is 95.3 Å². The molecule has 1 aliphatic heterocycles. The van der Waals surface area contributed by atoms with Gasteiger partial charge in [0.1, 0.15) is 12.5 Å². The zero-order valence-electron chi connectivity index (χ0n) is 8.14. The second kappa shape index (κ2) is 3.44. The number of sulfonamides is 1. The molecule has 0 aliphatic carbocycles. The van der Waals surface area contributed by atoms with Gasteiger partial charge in [-0.25, -0.2) is 17.9 Å². The summed E-state index contributed by atoms with van der Waals surface area (Å²) in [4.78, 5) is 0.291. The van der Waals surface area contributed by atoms with Gasteiger partial charge in [0.05, 0.1) is 4.88 Å². The maximum absolute atomic E-state index is 13.3. The van der Waals surface area contributed by atoms with Crippen LogP contribution >= 0.6 is 11.3 Å². The largest absolute Gasteiger partial charge is 0.452 e. The van der Waals surface area contributed by atoms with Crippen molar-refractivity contribution in [2.75, 3.05) is 0 Å². The molecule has 0 unspecified atom stereocenters. The van der Waals surface area contributed by atoms with Crippen LogP contribution in [0.5, 0.6) is 0 Å². The van der Waals surface area contributed by atoms with Crippen LogP contribution in [0, 0.1) is 5.82 Å². The van der Waals surface area contributed by atoms with E-state index >= 15 is 0 Å². The van der Waals surface area contributed by atoms with Crippen molar-refractivity contribution >= 4 is 21.4 Å². The molecular formula is C8H8FNO4S2. The lowest BCUT2D eigenvalue weighted by atomic mass is 10.2. The van der Waals surface area contributed by atoms with Gasteiger partial charge in [-0.3, -0.25) is 0 Å². The number of ether oxygens (including phenoxy) is 2. The lowest BCUT2D eigenvalue weighted by Crippen LogP contribution is -2.20. The van der Waals surface area contributed by atoms with E-state index in [0.717, 1.165) is 6.07 Å². The Balaban J connectivity index is 2.46. The van der Waals surface area contributed by atoms with Gasteiger partial charge in [-0.05, 0) is 6.07 Å². The van der Waals surface area contributed by atoms with Crippen molar-refractivity contribution in [1.29, 1.82) is 0 Å². The van der Waals surface area contributed by atoms with Crippen molar-refractivity contribution in [2.24, 2.45) is 5.14 Å². The van der Waals surface area contributed by atoms with E-state index in [1.165, 1.54) is 12.5 Å². The summed E-state index contributed by atoms with van der Waals surface area (Å²) >= 11 is 0.685. The van der Waals surface area contributed by atoms with Crippen LogP contribution in [0.4, 0.5) is 4.39 Å². The van der Waals surface area contributed by atoms with Gasteiger partial charge in [-0.15, -0.1) is 11.3 Å². The molecule has 1 aromatic heterocycles. The van der Waals surface area contributed by atoms with Crippen molar-refractivity contribution in [1.82, 2.24) is 0 Å². The molecule has 8 heteroatoms. The molecule has 1 aliphatic rings. The Bertz CT molecular complexity index is 540. The summed E-state index contributed by atoms with van der Waals surface area (Å²) in [7, 11) is -4.06. The minimum atomic E-state index is -4.06. The predicted molar refractivity (Wildman–Crippen MR) is 54.3 cm³/mol. The quantitative estimate of drug-likeness (QED) is 0.872. The number of halogens is 1. The van der Waals surface area contributed by atoms with E-state index in [2.05, 4.69) is 0 Å². The van der Waals surface area contributed by atoms with Crippen molar-refractivity contribution in [2.45, 2.75) is 16.9 Å². The highest BCUT2D eigenvalue weighted by molar-refractivity contribution is 7.91. The zero-order valence-corrected chi connectivity index (χ0v) is 9.77. The molecule has 1 aromatic rings. The van der Waals surface area contributed by atoms with Crippen molar-refractivity contribution in [3.05, 3.63) is 29.3 Å². The number of hydrogen-bond donors (Lipinski definition) is 1. The van der Waals surface area contributed by atoms with E-state index in [1.54, 1.807) is 6.92 Å². The SMILES string of the molecule is CC1(c2cc(F)c(S(N)(=O)=O)s2)OC=CO1. The van der Waals surface area contributed by atoms with Crippen LogP contribution in [-0.4, -0.2) is 8.42 Å². The Morgan fingerprint density at radius 1 is 1.44 bits per heavy atom. The molecule has 88 valence electrons. The Hall–Kier alpha value is -1.12. The summed E-state index contributed by atoms with van der Waals surface area (Å²) in [5, 5.41) is 4.86. The molecule has 2 heterocycles. The highest BCUT2D eigenvalue weighted by atomic mass is 32.2. The highest BCUT2D eigenvalue weighted by Crippen LogP contribution is 2.38. The predicted octanol–water partition coefficient (Wildman–Crippen LogP) is 1.23. The van der Waals surface area contributed by atoms with Crippen LogP contribution < -0.4 is 5.14 Å². The van der Waals surface area contributed by atoms with E-state index in [4.69, 9.17) is 14.6 Å². The third-order valence-electron chi connectivity index (χ3n) is 2.00. The molecule has 0 fully saturated rings. The standard InChI is InChI=1S/C8H8FNO4S2/c1-8(13-2-3-14-8)6-4-5(9)7(15-6)16(10,11)12/h2-4H,1H3,(H2,10,11,12). The van der Waals surface area contributed by atoms with Crippen LogP contribution in [0.15, 0.2) is 22.8 Å². The van der Waals surface area contributed by atoms with Crippen LogP contribution in [0.25, 0.3) is 0 Å². The van der Waals surface area contributed by atoms with Crippen LogP contribution in [0.1, 0.15) is 11.8 Å². The van der Waals surface area contributed by atoms with Gasteiger partial charge in [-0.1, -0.05) is 0 Å².